The third kappa shape index (κ3) is 3.67. The molecule has 1 aromatic carbocycles. The van der Waals surface area contributed by atoms with Crippen molar-refractivity contribution < 1.29 is 9.15 Å². The maximum Gasteiger partial charge on any atom is 0.125 e. The topological polar surface area (TPSA) is 34.4 Å². The van der Waals surface area contributed by atoms with E-state index in [9.17, 15) is 0 Å². The molecule has 0 amide bonds. The van der Waals surface area contributed by atoms with Crippen molar-refractivity contribution >= 4 is 0 Å². The van der Waals surface area contributed by atoms with Crippen LogP contribution in [0.2, 0.25) is 0 Å². The summed E-state index contributed by atoms with van der Waals surface area (Å²) in [6.45, 7) is 12.6. The van der Waals surface area contributed by atoms with E-state index in [2.05, 4.69) is 51.2 Å². The molecule has 1 heterocycles. The van der Waals surface area contributed by atoms with E-state index in [1.807, 2.05) is 6.92 Å². The van der Waals surface area contributed by atoms with Crippen LogP contribution in [0.4, 0.5) is 0 Å². The number of ether oxygens (including phenoxy) is 1. The first kappa shape index (κ1) is 15.6. The fraction of sp³-hybridized carbons (Fsp3) is 0.444. The lowest BCUT2D eigenvalue weighted by molar-refractivity contribution is 0.298. The van der Waals surface area contributed by atoms with Gasteiger partial charge in [0.15, 0.2) is 0 Å². The van der Waals surface area contributed by atoms with Crippen LogP contribution in [-0.2, 0) is 13.2 Å². The molecule has 0 spiro atoms. The highest BCUT2D eigenvalue weighted by atomic mass is 16.5. The molecule has 0 aliphatic carbocycles. The third-order valence-corrected chi connectivity index (χ3v) is 3.87. The highest BCUT2D eigenvalue weighted by Crippen LogP contribution is 2.27. The van der Waals surface area contributed by atoms with Crippen molar-refractivity contribution in [2.75, 3.05) is 6.54 Å². The van der Waals surface area contributed by atoms with Gasteiger partial charge in [0.05, 0.1) is 6.54 Å². The van der Waals surface area contributed by atoms with Crippen molar-refractivity contribution in [2.24, 2.45) is 0 Å². The van der Waals surface area contributed by atoms with Crippen LogP contribution in [0.5, 0.6) is 5.75 Å². The molecule has 0 saturated heterocycles. The first-order valence-electron chi connectivity index (χ1n) is 7.51. The van der Waals surface area contributed by atoms with Crippen LogP contribution in [0.25, 0.3) is 0 Å². The molecular formula is C18H25NO2. The molecule has 0 aliphatic rings. The highest BCUT2D eigenvalue weighted by Gasteiger charge is 2.11. The number of rotatable bonds is 6. The molecule has 2 rings (SSSR count). The van der Waals surface area contributed by atoms with E-state index in [4.69, 9.17) is 9.15 Å². The Hall–Kier alpha value is -1.74. The van der Waals surface area contributed by atoms with Crippen LogP contribution in [0.15, 0.2) is 22.6 Å². The molecule has 1 N–H and O–H groups in total. The Labute approximate surface area is 127 Å². The largest absolute Gasteiger partial charge is 0.488 e. The Morgan fingerprint density at radius 2 is 1.81 bits per heavy atom. The second-order valence-corrected chi connectivity index (χ2v) is 5.52. The molecule has 0 aliphatic heterocycles. The Kier molecular flexibility index (Phi) is 5.07. The third-order valence-electron chi connectivity index (χ3n) is 3.87. The zero-order valence-corrected chi connectivity index (χ0v) is 13.7. The fourth-order valence-electron chi connectivity index (χ4n) is 2.36. The summed E-state index contributed by atoms with van der Waals surface area (Å²) in [6, 6.07) is 6.32. The van der Waals surface area contributed by atoms with Crippen molar-refractivity contribution in [3.8, 4) is 5.75 Å². The lowest BCUT2D eigenvalue weighted by atomic mass is 10.1. The second-order valence-electron chi connectivity index (χ2n) is 5.52. The van der Waals surface area contributed by atoms with Gasteiger partial charge in [0.1, 0.15) is 23.9 Å². The standard InChI is InChI=1S/C18H25NO2/c1-6-19-10-17-9-16(15(5)21-17)11-20-18-13(3)8-7-12(2)14(18)4/h7-9,19H,6,10-11H2,1-5H3. The van der Waals surface area contributed by atoms with Gasteiger partial charge < -0.3 is 14.5 Å². The molecule has 0 bridgehead atoms. The van der Waals surface area contributed by atoms with Gasteiger partial charge in [-0.15, -0.1) is 0 Å². The number of aryl methyl sites for hydroxylation is 3. The van der Waals surface area contributed by atoms with Gasteiger partial charge in [0.25, 0.3) is 0 Å². The summed E-state index contributed by atoms with van der Waals surface area (Å²) in [4.78, 5) is 0. The molecule has 114 valence electrons. The fourth-order valence-corrected chi connectivity index (χ4v) is 2.36. The molecular weight excluding hydrogens is 262 g/mol. The number of benzene rings is 1. The summed E-state index contributed by atoms with van der Waals surface area (Å²) >= 11 is 0. The number of hydrogen-bond acceptors (Lipinski definition) is 3. The number of nitrogens with one attached hydrogen (secondary N) is 1. The van der Waals surface area contributed by atoms with Gasteiger partial charge in [0.2, 0.25) is 0 Å². The van der Waals surface area contributed by atoms with Crippen molar-refractivity contribution in [1.29, 1.82) is 0 Å². The first-order valence-corrected chi connectivity index (χ1v) is 7.51. The summed E-state index contributed by atoms with van der Waals surface area (Å²) in [6.07, 6.45) is 0. The molecule has 0 unspecified atom stereocenters. The van der Waals surface area contributed by atoms with Crippen molar-refractivity contribution in [2.45, 2.75) is 47.8 Å². The summed E-state index contributed by atoms with van der Waals surface area (Å²) < 4.78 is 11.8. The Balaban J connectivity index is 2.10. The van der Waals surface area contributed by atoms with Crippen molar-refractivity contribution in [3.63, 3.8) is 0 Å². The quantitative estimate of drug-likeness (QED) is 0.864. The van der Waals surface area contributed by atoms with Gasteiger partial charge in [-0.05, 0) is 57.0 Å². The minimum atomic E-state index is 0.548. The predicted octanol–water partition coefficient (Wildman–Crippen LogP) is 4.20. The normalized spacial score (nSPS) is 10.9. The predicted molar refractivity (Wildman–Crippen MR) is 85.8 cm³/mol. The molecule has 3 nitrogen and oxygen atoms in total. The van der Waals surface area contributed by atoms with Crippen LogP contribution in [0.1, 0.15) is 40.7 Å². The van der Waals surface area contributed by atoms with E-state index in [0.717, 1.165) is 35.9 Å². The van der Waals surface area contributed by atoms with Gasteiger partial charge >= 0.3 is 0 Å². The van der Waals surface area contributed by atoms with E-state index in [-0.39, 0.29) is 0 Å². The Morgan fingerprint density at radius 3 is 2.52 bits per heavy atom. The van der Waals surface area contributed by atoms with E-state index in [1.165, 1.54) is 16.7 Å². The molecule has 1 aromatic heterocycles. The minimum absolute atomic E-state index is 0.548. The van der Waals surface area contributed by atoms with Crippen molar-refractivity contribution in [1.82, 2.24) is 5.32 Å². The van der Waals surface area contributed by atoms with Gasteiger partial charge in [0, 0.05) is 5.56 Å². The highest BCUT2D eigenvalue weighted by molar-refractivity contribution is 5.44. The van der Waals surface area contributed by atoms with Gasteiger partial charge in [-0.1, -0.05) is 19.1 Å². The number of furan rings is 1. The molecule has 0 atom stereocenters. The zero-order valence-electron chi connectivity index (χ0n) is 13.7. The van der Waals surface area contributed by atoms with E-state index in [0.29, 0.717) is 6.61 Å². The smallest absolute Gasteiger partial charge is 0.125 e. The number of hydrogen-bond donors (Lipinski definition) is 1. The monoisotopic (exact) mass is 287 g/mol. The van der Waals surface area contributed by atoms with Crippen LogP contribution < -0.4 is 10.1 Å². The van der Waals surface area contributed by atoms with Crippen LogP contribution >= 0.6 is 0 Å². The SMILES string of the molecule is CCNCc1cc(COc2c(C)ccc(C)c2C)c(C)o1. The van der Waals surface area contributed by atoms with E-state index >= 15 is 0 Å². The average Bonchev–Trinajstić information content (AvgIpc) is 2.81. The van der Waals surface area contributed by atoms with E-state index in [1.54, 1.807) is 0 Å². The summed E-state index contributed by atoms with van der Waals surface area (Å²) in [5.41, 5.74) is 4.76. The van der Waals surface area contributed by atoms with Crippen LogP contribution in [0, 0.1) is 27.7 Å². The second kappa shape index (κ2) is 6.81. The Morgan fingerprint density at radius 1 is 1.10 bits per heavy atom. The van der Waals surface area contributed by atoms with Gasteiger partial charge in [-0.25, -0.2) is 0 Å². The lowest BCUT2D eigenvalue weighted by Gasteiger charge is -2.13. The molecule has 21 heavy (non-hydrogen) atoms. The molecule has 0 fully saturated rings. The first-order chi connectivity index (χ1) is 10.0. The average molecular weight is 287 g/mol. The Bertz CT molecular complexity index is 614. The van der Waals surface area contributed by atoms with Gasteiger partial charge in [-0.2, -0.15) is 0 Å². The van der Waals surface area contributed by atoms with Crippen LogP contribution in [0.3, 0.4) is 0 Å². The molecule has 0 saturated carbocycles. The van der Waals surface area contributed by atoms with Crippen LogP contribution in [-0.4, -0.2) is 6.54 Å². The van der Waals surface area contributed by atoms with Gasteiger partial charge in [-0.3, -0.25) is 0 Å². The summed E-state index contributed by atoms with van der Waals surface area (Å²) in [5.74, 6) is 2.89. The molecule has 3 heteroatoms. The molecule has 2 aromatic rings. The minimum Gasteiger partial charge on any atom is -0.488 e. The lowest BCUT2D eigenvalue weighted by Crippen LogP contribution is -2.10. The maximum atomic E-state index is 6.05. The molecule has 0 radical (unpaired) electrons. The van der Waals surface area contributed by atoms with Crippen molar-refractivity contribution in [3.05, 3.63) is 52.0 Å². The zero-order chi connectivity index (χ0) is 15.4. The summed E-state index contributed by atoms with van der Waals surface area (Å²) in [7, 11) is 0. The van der Waals surface area contributed by atoms with E-state index < -0.39 is 0 Å². The summed E-state index contributed by atoms with van der Waals surface area (Å²) in [5, 5.41) is 3.27. The maximum absolute atomic E-state index is 6.05.